The molecule has 2 saturated heterocycles. The van der Waals surface area contributed by atoms with Crippen molar-refractivity contribution < 1.29 is 4.79 Å². The molecule has 2 aromatic heterocycles. The molecule has 3 aromatic rings. The van der Waals surface area contributed by atoms with Crippen molar-refractivity contribution in [3.63, 3.8) is 0 Å². The first-order chi connectivity index (χ1) is 15.0. The summed E-state index contributed by atoms with van der Waals surface area (Å²) >= 11 is 0. The second-order valence-corrected chi connectivity index (χ2v) is 9.09. The van der Waals surface area contributed by atoms with Crippen LogP contribution in [0.15, 0.2) is 36.5 Å². The van der Waals surface area contributed by atoms with Crippen molar-refractivity contribution in [2.45, 2.75) is 45.6 Å². The molecule has 31 heavy (non-hydrogen) atoms. The van der Waals surface area contributed by atoms with Crippen molar-refractivity contribution in [2.75, 3.05) is 30.3 Å². The van der Waals surface area contributed by atoms with Crippen LogP contribution in [0.3, 0.4) is 0 Å². The zero-order valence-electron chi connectivity index (χ0n) is 18.3. The number of amides is 1. The number of nitrogens with two attached hydrogens (primary N) is 1. The molecule has 5 rings (SSSR count). The predicted molar refractivity (Wildman–Crippen MR) is 122 cm³/mol. The summed E-state index contributed by atoms with van der Waals surface area (Å²) in [6, 6.07) is 9.24. The minimum atomic E-state index is -0.0417. The van der Waals surface area contributed by atoms with Crippen LogP contribution in [0.4, 0.5) is 11.5 Å². The number of nitrogen functional groups attached to an aromatic ring is 1. The standard InChI is InChI=1S/C24H30N6O/c1-16-9-11-28(14-16)23-17(2)15-30-22(26-23)13-20(27-30)21-8-3-4-10-29(21)24(31)18-6-5-7-19(25)12-18/h5-7,12-13,15-16,21H,3-4,8-11,14,25H2,1-2H3/t16-,21-/m0/s1. The Morgan fingerprint density at radius 2 is 2.03 bits per heavy atom. The Hall–Kier alpha value is -3.09. The summed E-state index contributed by atoms with van der Waals surface area (Å²) in [6.07, 6.45) is 6.28. The van der Waals surface area contributed by atoms with E-state index >= 15 is 0 Å². The number of aromatic nitrogens is 3. The molecule has 0 spiro atoms. The van der Waals surface area contributed by atoms with Crippen LogP contribution in [0, 0.1) is 12.8 Å². The normalized spacial score (nSPS) is 21.7. The topological polar surface area (TPSA) is 79.8 Å². The second kappa shape index (κ2) is 7.87. The molecule has 7 nitrogen and oxygen atoms in total. The van der Waals surface area contributed by atoms with E-state index in [1.807, 2.05) is 21.5 Å². The highest BCUT2D eigenvalue weighted by Crippen LogP contribution is 2.33. The maximum absolute atomic E-state index is 13.3. The van der Waals surface area contributed by atoms with E-state index in [1.54, 1.807) is 12.1 Å². The minimum Gasteiger partial charge on any atom is -0.399 e. The first-order valence-corrected chi connectivity index (χ1v) is 11.3. The lowest BCUT2D eigenvalue weighted by molar-refractivity contribution is 0.0606. The summed E-state index contributed by atoms with van der Waals surface area (Å²) < 4.78 is 1.87. The monoisotopic (exact) mass is 418 g/mol. The zero-order valence-corrected chi connectivity index (χ0v) is 18.3. The molecule has 0 bridgehead atoms. The lowest BCUT2D eigenvalue weighted by atomic mass is 9.98. The first kappa shape index (κ1) is 19.8. The fraction of sp³-hybridized carbons (Fsp3) is 0.458. The van der Waals surface area contributed by atoms with Crippen molar-refractivity contribution in [1.29, 1.82) is 0 Å². The Kier molecular flexibility index (Phi) is 5.04. The number of hydrogen-bond donors (Lipinski definition) is 1. The highest BCUT2D eigenvalue weighted by Gasteiger charge is 2.31. The van der Waals surface area contributed by atoms with E-state index in [-0.39, 0.29) is 11.9 Å². The highest BCUT2D eigenvalue weighted by atomic mass is 16.2. The van der Waals surface area contributed by atoms with Gasteiger partial charge in [0.15, 0.2) is 5.65 Å². The number of piperidine rings is 1. The number of likely N-dealkylation sites (tertiary alicyclic amines) is 1. The molecule has 2 fully saturated rings. The Morgan fingerprint density at radius 3 is 2.81 bits per heavy atom. The lowest BCUT2D eigenvalue weighted by Crippen LogP contribution is -2.38. The van der Waals surface area contributed by atoms with Crippen molar-refractivity contribution in [3.8, 4) is 0 Å². The van der Waals surface area contributed by atoms with E-state index in [0.717, 1.165) is 61.6 Å². The number of rotatable bonds is 3. The van der Waals surface area contributed by atoms with Gasteiger partial charge >= 0.3 is 0 Å². The van der Waals surface area contributed by atoms with Gasteiger partial charge in [0, 0.05) is 48.7 Å². The van der Waals surface area contributed by atoms with Gasteiger partial charge in [-0.15, -0.1) is 0 Å². The Labute approximate surface area is 182 Å². The Morgan fingerprint density at radius 1 is 1.16 bits per heavy atom. The number of aryl methyl sites for hydroxylation is 1. The summed E-state index contributed by atoms with van der Waals surface area (Å²) in [6.45, 7) is 7.23. The van der Waals surface area contributed by atoms with Gasteiger partial charge in [-0.2, -0.15) is 5.10 Å². The van der Waals surface area contributed by atoms with Gasteiger partial charge in [-0.25, -0.2) is 9.50 Å². The van der Waals surface area contributed by atoms with Crippen molar-refractivity contribution in [2.24, 2.45) is 5.92 Å². The molecule has 2 atom stereocenters. The first-order valence-electron chi connectivity index (χ1n) is 11.3. The third-order valence-electron chi connectivity index (χ3n) is 6.59. The maximum atomic E-state index is 13.3. The van der Waals surface area contributed by atoms with Gasteiger partial charge in [0.1, 0.15) is 5.82 Å². The summed E-state index contributed by atoms with van der Waals surface area (Å²) in [5.41, 5.74) is 10.0. The number of carbonyl (C=O) groups excluding carboxylic acids is 1. The van der Waals surface area contributed by atoms with E-state index in [1.165, 1.54) is 6.42 Å². The molecule has 1 aromatic carbocycles. The molecule has 0 unspecified atom stereocenters. The van der Waals surface area contributed by atoms with Gasteiger partial charge in [-0.05, 0) is 56.7 Å². The molecule has 2 N–H and O–H groups in total. The zero-order chi connectivity index (χ0) is 21.5. The fourth-order valence-corrected chi connectivity index (χ4v) is 4.95. The third-order valence-corrected chi connectivity index (χ3v) is 6.59. The molecule has 4 heterocycles. The molecule has 2 aliphatic heterocycles. The molecular weight excluding hydrogens is 388 g/mol. The molecule has 7 heteroatoms. The summed E-state index contributed by atoms with van der Waals surface area (Å²) in [7, 11) is 0. The minimum absolute atomic E-state index is 0.0185. The number of hydrogen-bond acceptors (Lipinski definition) is 5. The molecule has 1 amide bonds. The van der Waals surface area contributed by atoms with Crippen LogP contribution in [0.25, 0.3) is 5.65 Å². The summed E-state index contributed by atoms with van der Waals surface area (Å²) in [4.78, 5) is 22.6. The van der Waals surface area contributed by atoms with Gasteiger partial charge in [0.25, 0.3) is 5.91 Å². The number of nitrogens with zero attached hydrogens (tertiary/aromatic N) is 5. The van der Waals surface area contributed by atoms with Crippen LogP contribution in [0.5, 0.6) is 0 Å². The summed E-state index contributed by atoms with van der Waals surface area (Å²) in [5.74, 6) is 1.77. The van der Waals surface area contributed by atoms with E-state index in [9.17, 15) is 4.79 Å². The fourth-order valence-electron chi connectivity index (χ4n) is 4.95. The van der Waals surface area contributed by atoms with Crippen LogP contribution in [-0.4, -0.2) is 45.0 Å². The average molecular weight is 419 g/mol. The molecular formula is C24H30N6O. The predicted octanol–water partition coefficient (Wildman–Crippen LogP) is 3.83. The largest absolute Gasteiger partial charge is 0.399 e. The molecule has 2 aliphatic rings. The van der Waals surface area contributed by atoms with E-state index in [4.69, 9.17) is 15.8 Å². The van der Waals surface area contributed by atoms with Crippen LogP contribution in [-0.2, 0) is 0 Å². The highest BCUT2D eigenvalue weighted by molar-refractivity contribution is 5.95. The molecule has 162 valence electrons. The third kappa shape index (κ3) is 3.73. The number of anilines is 2. The lowest BCUT2D eigenvalue weighted by Gasteiger charge is -2.34. The van der Waals surface area contributed by atoms with Crippen LogP contribution in [0.2, 0.25) is 0 Å². The van der Waals surface area contributed by atoms with Gasteiger partial charge in [0.2, 0.25) is 0 Å². The van der Waals surface area contributed by atoms with E-state index in [0.29, 0.717) is 17.2 Å². The van der Waals surface area contributed by atoms with E-state index < -0.39 is 0 Å². The van der Waals surface area contributed by atoms with Gasteiger partial charge in [0.05, 0.1) is 11.7 Å². The summed E-state index contributed by atoms with van der Waals surface area (Å²) in [5, 5.41) is 4.84. The number of fused-ring (bicyclic) bond motifs is 1. The molecule has 0 aliphatic carbocycles. The number of carbonyl (C=O) groups is 1. The maximum Gasteiger partial charge on any atom is 0.254 e. The van der Waals surface area contributed by atoms with Gasteiger partial charge in [-0.3, -0.25) is 4.79 Å². The van der Waals surface area contributed by atoms with Crippen molar-refractivity contribution >= 4 is 23.1 Å². The second-order valence-electron chi connectivity index (χ2n) is 9.09. The van der Waals surface area contributed by atoms with Crippen LogP contribution in [0.1, 0.15) is 60.3 Å². The molecule has 0 radical (unpaired) electrons. The average Bonchev–Trinajstić information content (AvgIpc) is 3.38. The van der Waals surface area contributed by atoms with Crippen molar-refractivity contribution in [1.82, 2.24) is 19.5 Å². The van der Waals surface area contributed by atoms with Gasteiger partial charge < -0.3 is 15.5 Å². The van der Waals surface area contributed by atoms with Crippen molar-refractivity contribution in [3.05, 3.63) is 53.3 Å². The molecule has 0 saturated carbocycles. The Bertz CT molecular complexity index is 1120. The number of benzene rings is 1. The smallest absolute Gasteiger partial charge is 0.254 e. The Balaban J connectivity index is 1.47. The van der Waals surface area contributed by atoms with Gasteiger partial charge in [-0.1, -0.05) is 13.0 Å². The van der Waals surface area contributed by atoms with E-state index in [2.05, 4.69) is 31.0 Å². The quantitative estimate of drug-likeness (QED) is 0.654. The van der Waals surface area contributed by atoms with Crippen LogP contribution >= 0.6 is 0 Å². The SMILES string of the molecule is Cc1cn2nc([C@@H]3CCCCN3C(=O)c3cccc(N)c3)cc2nc1N1CC[C@H](C)C1. The van der Waals surface area contributed by atoms with Crippen LogP contribution < -0.4 is 10.6 Å².